The molecule has 2 aromatic heterocycles. The first-order chi connectivity index (χ1) is 15.1. The van der Waals surface area contributed by atoms with Gasteiger partial charge in [-0.05, 0) is 60.9 Å². The van der Waals surface area contributed by atoms with Crippen LogP contribution in [0.5, 0.6) is 0 Å². The van der Waals surface area contributed by atoms with E-state index in [1.807, 2.05) is 35.9 Å². The normalized spacial score (nSPS) is 10.7. The van der Waals surface area contributed by atoms with Crippen molar-refractivity contribution in [3.8, 4) is 16.9 Å². The second-order valence-corrected chi connectivity index (χ2v) is 7.24. The summed E-state index contributed by atoms with van der Waals surface area (Å²) in [6.45, 7) is 4.17. The number of anilines is 2. The smallest absolute Gasteiger partial charge is 0.337 e. The van der Waals surface area contributed by atoms with E-state index in [1.54, 1.807) is 24.5 Å². The molecular formula is C25H24N4O2. The van der Waals surface area contributed by atoms with Crippen LogP contribution in [-0.2, 0) is 11.2 Å². The number of hydrogen-bond donors (Lipinski definition) is 1. The fourth-order valence-electron chi connectivity index (χ4n) is 3.38. The highest BCUT2D eigenvalue weighted by Crippen LogP contribution is 2.28. The van der Waals surface area contributed by atoms with E-state index in [2.05, 4.69) is 41.5 Å². The molecule has 0 aliphatic heterocycles. The van der Waals surface area contributed by atoms with Crippen LogP contribution < -0.4 is 5.32 Å². The Kier molecular flexibility index (Phi) is 5.80. The number of methoxy groups -OCH3 is 1. The third-order valence-corrected chi connectivity index (χ3v) is 5.16. The number of carbonyl (C=O) groups excluding carboxylic acids is 1. The van der Waals surface area contributed by atoms with Crippen molar-refractivity contribution in [3.63, 3.8) is 0 Å². The first kappa shape index (κ1) is 20.3. The molecule has 4 aromatic rings. The molecule has 0 spiro atoms. The molecule has 0 aliphatic rings. The molecule has 0 saturated heterocycles. The zero-order valence-corrected chi connectivity index (χ0v) is 17.8. The maximum absolute atomic E-state index is 11.7. The lowest BCUT2D eigenvalue weighted by molar-refractivity contribution is 0.0601. The van der Waals surface area contributed by atoms with Gasteiger partial charge in [0.2, 0.25) is 0 Å². The number of hydrogen-bond acceptors (Lipinski definition) is 5. The average molecular weight is 412 g/mol. The zero-order valence-electron chi connectivity index (χ0n) is 17.8. The fraction of sp³-hybridized carbons (Fsp3) is 0.160. The maximum atomic E-state index is 11.7. The second kappa shape index (κ2) is 8.83. The Morgan fingerprint density at radius 1 is 1.10 bits per heavy atom. The Bertz CT molecular complexity index is 1210. The molecule has 0 fully saturated rings. The SMILES string of the molecule is CCc1cccc(-c2cc(Nc3ccc(C(=O)OC)cc3)n(-c3cnccc3C)n2)c1. The summed E-state index contributed by atoms with van der Waals surface area (Å²) in [5.41, 5.74) is 6.49. The van der Waals surface area contributed by atoms with Gasteiger partial charge in [0.25, 0.3) is 0 Å². The van der Waals surface area contributed by atoms with E-state index in [4.69, 9.17) is 9.84 Å². The third-order valence-electron chi connectivity index (χ3n) is 5.16. The molecule has 4 rings (SSSR count). The van der Waals surface area contributed by atoms with Crippen LogP contribution >= 0.6 is 0 Å². The van der Waals surface area contributed by atoms with Gasteiger partial charge in [-0.1, -0.05) is 25.1 Å². The van der Waals surface area contributed by atoms with Gasteiger partial charge >= 0.3 is 5.97 Å². The number of nitrogens with zero attached hydrogens (tertiary/aromatic N) is 3. The van der Waals surface area contributed by atoms with E-state index in [-0.39, 0.29) is 5.97 Å². The van der Waals surface area contributed by atoms with Gasteiger partial charge < -0.3 is 10.1 Å². The number of pyridine rings is 1. The number of ether oxygens (including phenoxy) is 1. The summed E-state index contributed by atoms with van der Waals surface area (Å²) in [6.07, 6.45) is 4.54. The summed E-state index contributed by atoms with van der Waals surface area (Å²) in [7, 11) is 1.37. The molecule has 2 aromatic carbocycles. The Morgan fingerprint density at radius 2 is 1.90 bits per heavy atom. The molecule has 0 saturated carbocycles. The molecule has 6 heteroatoms. The summed E-state index contributed by atoms with van der Waals surface area (Å²) in [4.78, 5) is 16.0. The minimum Gasteiger partial charge on any atom is -0.465 e. The minimum absolute atomic E-state index is 0.360. The Hall–Kier alpha value is -3.93. The lowest BCUT2D eigenvalue weighted by atomic mass is 10.1. The van der Waals surface area contributed by atoms with E-state index in [9.17, 15) is 4.79 Å². The van der Waals surface area contributed by atoms with Gasteiger partial charge in [0.1, 0.15) is 5.82 Å². The van der Waals surface area contributed by atoms with Crippen LogP contribution in [0.15, 0.2) is 73.1 Å². The number of carbonyl (C=O) groups is 1. The summed E-state index contributed by atoms with van der Waals surface area (Å²) in [6, 6.07) is 19.5. The van der Waals surface area contributed by atoms with Gasteiger partial charge in [0.05, 0.1) is 30.3 Å². The molecule has 0 amide bonds. The van der Waals surface area contributed by atoms with Gasteiger partial charge in [-0.3, -0.25) is 4.98 Å². The lowest BCUT2D eigenvalue weighted by Crippen LogP contribution is -2.05. The number of benzene rings is 2. The van der Waals surface area contributed by atoms with E-state index < -0.39 is 0 Å². The Morgan fingerprint density at radius 3 is 2.61 bits per heavy atom. The first-order valence-electron chi connectivity index (χ1n) is 10.1. The molecule has 0 unspecified atom stereocenters. The van der Waals surface area contributed by atoms with Gasteiger partial charge in [-0.2, -0.15) is 5.10 Å². The highest BCUT2D eigenvalue weighted by atomic mass is 16.5. The lowest BCUT2D eigenvalue weighted by Gasteiger charge is -2.11. The highest BCUT2D eigenvalue weighted by Gasteiger charge is 2.14. The predicted octanol–water partition coefficient (Wildman–Crippen LogP) is 5.34. The summed E-state index contributed by atoms with van der Waals surface area (Å²) in [5, 5.41) is 8.30. The molecule has 156 valence electrons. The van der Waals surface area contributed by atoms with E-state index in [0.717, 1.165) is 40.4 Å². The van der Waals surface area contributed by atoms with Crippen LogP contribution in [0.1, 0.15) is 28.4 Å². The quantitative estimate of drug-likeness (QED) is 0.433. The largest absolute Gasteiger partial charge is 0.465 e. The Labute approximate surface area is 181 Å². The monoisotopic (exact) mass is 412 g/mol. The molecule has 0 atom stereocenters. The molecule has 6 nitrogen and oxygen atoms in total. The minimum atomic E-state index is -0.360. The molecule has 0 aliphatic carbocycles. The number of rotatable bonds is 6. The standard InChI is InChI=1S/C25H24N4O2/c1-4-18-6-5-7-20(14-18)22-15-24(29(28-22)23-16-26-13-12-17(23)2)27-21-10-8-19(9-11-21)25(30)31-3/h5-16,27H,4H2,1-3H3. The van der Waals surface area contributed by atoms with Crippen LogP contribution in [0.3, 0.4) is 0 Å². The Balaban J connectivity index is 1.75. The van der Waals surface area contributed by atoms with Crippen molar-refractivity contribution in [2.75, 3.05) is 12.4 Å². The van der Waals surface area contributed by atoms with Gasteiger partial charge in [-0.25, -0.2) is 9.48 Å². The van der Waals surface area contributed by atoms with Gasteiger partial charge in [0.15, 0.2) is 0 Å². The number of aromatic nitrogens is 3. The van der Waals surface area contributed by atoms with Crippen molar-refractivity contribution in [2.45, 2.75) is 20.3 Å². The summed E-state index contributed by atoms with van der Waals surface area (Å²) >= 11 is 0. The van der Waals surface area contributed by atoms with E-state index in [0.29, 0.717) is 5.56 Å². The molecule has 0 bridgehead atoms. The molecule has 1 N–H and O–H groups in total. The van der Waals surface area contributed by atoms with Crippen molar-refractivity contribution in [3.05, 3.63) is 89.7 Å². The third kappa shape index (κ3) is 4.33. The van der Waals surface area contributed by atoms with Crippen LogP contribution in [0.4, 0.5) is 11.5 Å². The van der Waals surface area contributed by atoms with Crippen LogP contribution in [0.2, 0.25) is 0 Å². The van der Waals surface area contributed by atoms with Crippen molar-refractivity contribution in [1.82, 2.24) is 14.8 Å². The summed E-state index contributed by atoms with van der Waals surface area (Å²) in [5.74, 6) is 0.444. The summed E-state index contributed by atoms with van der Waals surface area (Å²) < 4.78 is 6.64. The van der Waals surface area contributed by atoms with Crippen LogP contribution in [-0.4, -0.2) is 27.8 Å². The van der Waals surface area contributed by atoms with Crippen LogP contribution in [0.25, 0.3) is 16.9 Å². The maximum Gasteiger partial charge on any atom is 0.337 e. The van der Waals surface area contributed by atoms with Crippen molar-refractivity contribution in [2.24, 2.45) is 0 Å². The number of nitrogens with one attached hydrogen (secondary N) is 1. The average Bonchev–Trinajstić information content (AvgIpc) is 3.23. The topological polar surface area (TPSA) is 69.0 Å². The zero-order chi connectivity index (χ0) is 21.8. The van der Waals surface area contributed by atoms with E-state index in [1.165, 1.54) is 12.7 Å². The van der Waals surface area contributed by atoms with Crippen molar-refractivity contribution < 1.29 is 9.53 Å². The van der Waals surface area contributed by atoms with E-state index >= 15 is 0 Å². The number of aryl methyl sites for hydroxylation is 2. The molecule has 31 heavy (non-hydrogen) atoms. The molecule has 0 radical (unpaired) electrons. The van der Waals surface area contributed by atoms with Gasteiger partial charge in [0, 0.05) is 23.5 Å². The predicted molar refractivity (Wildman–Crippen MR) is 122 cm³/mol. The van der Waals surface area contributed by atoms with Crippen LogP contribution in [0, 0.1) is 6.92 Å². The van der Waals surface area contributed by atoms with Crippen molar-refractivity contribution in [1.29, 1.82) is 0 Å². The molecule has 2 heterocycles. The molecular weight excluding hydrogens is 388 g/mol. The fourth-order valence-corrected chi connectivity index (χ4v) is 3.38. The highest BCUT2D eigenvalue weighted by molar-refractivity contribution is 5.89. The first-order valence-corrected chi connectivity index (χ1v) is 10.1. The van der Waals surface area contributed by atoms with Crippen molar-refractivity contribution >= 4 is 17.5 Å². The second-order valence-electron chi connectivity index (χ2n) is 7.24. The van der Waals surface area contributed by atoms with Gasteiger partial charge in [-0.15, -0.1) is 0 Å². The number of esters is 1.